The smallest absolute Gasteiger partial charge is 0.312 e. The van der Waals surface area contributed by atoms with Crippen LogP contribution in [-0.2, 0) is 0 Å². The number of nitrogens with zero attached hydrogens (tertiary/aromatic N) is 2. The highest BCUT2D eigenvalue weighted by Gasteiger charge is 2.21. The first-order valence-electron chi connectivity index (χ1n) is 3.50. The Bertz CT molecular complexity index is 196. The van der Waals surface area contributed by atoms with Gasteiger partial charge in [-0.2, -0.15) is 0 Å². The molecule has 1 saturated heterocycles. The van der Waals surface area contributed by atoms with Gasteiger partial charge in [-0.3, -0.25) is 5.01 Å². The molecular formula is C7H11N3O. The lowest BCUT2D eigenvalue weighted by atomic mass is 10.3. The largest absolute Gasteiger partial charge is 0.334 e. The molecule has 60 valence electrons. The van der Waals surface area contributed by atoms with E-state index in [-0.39, 0.29) is 6.03 Å². The van der Waals surface area contributed by atoms with Gasteiger partial charge in [0, 0.05) is 13.1 Å². The molecule has 0 aromatic heterocycles. The van der Waals surface area contributed by atoms with Crippen molar-refractivity contribution < 1.29 is 4.79 Å². The summed E-state index contributed by atoms with van der Waals surface area (Å²) in [5.41, 5.74) is 0. The van der Waals surface area contributed by atoms with Gasteiger partial charge in [0.15, 0.2) is 0 Å². The summed E-state index contributed by atoms with van der Waals surface area (Å²) < 4.78 is 0. The van der Waals surface area contributed by atoms with Crippen LogP contribution >= 0.6 is 0 Å². The first kappa shape index (κ1) is 7.89. The zero-order valence-electron chi connectivity index (χ0n) is 6.29. The van der Waals surface area contributed by atoms with Crippen molar-refractivity contribution in [3.8, 4) is 12.3 Å². The number of carbonyl (C=O) groups is 1. The molecule has 0 aliphatic carbocycles. The van der Waals surface area contributed by atoms with Crippen LogP contribution in [-0.4, -0.2) is 35.6 Å². The molecule has 1 fully saturated rings. The maximum Gasteiger partial charge on any atom is 0.334 e. The molecule has 0 unspecified atom stereocenters. The highest BCUT2D eigenvalue weighted by atomic mass is 16.2. The summed E-state index contributed by atoms with van der Waals surface area (Å²) in [4.78, 5) is 12.7. The second-order valence-corrected chi connectivity index (χ2v) is 2.46. The number of rotatable bonds is 1. The second-order valence-electron chi connectivity index (χ2n) is 2.46. The third-order valence-corrected chi connectivity index (χ3v) is 1.63. The zero-order valence-corrected chi connectivity index (χ0v) is 6.29. The van der Waals surface area contributed by atoms with Gasteiger partial charge in [0.05, 0.1) is 6.54 Å². The van der Waals surface area contributed by atoms with Gasteiger partial charge in [-0.1, -0.05) is 5.92 Å². The van der Waals surface area contributed by atoms with Crippen LogP contribution in [0.15, 0.2) is 0 Å². The van der Waals surface area contributed by atoms with E-state index in [2.05, 4.69) is 5.92 Å². The molecule has 0 aromatic rings. The normalized spacial score (nSPS) is 18.4. The average Bonchev–Trinajstić information content (AvgIpc) is 1.99. The van der Waals surface area contributed by atoms with Gasteiger partial charge in [0.2, 0.25) is 0 Å². The van der Waals surface area contributed by atoms with E-state index in [0.29, 0.717) is 13.1 Å². The fourth-order valence-electron chi connectivity index (χ4n) is 1.06. The molecule has 4 nitrogen and oxygen atoms in total. The molecule has 2 amide bonds. The van der Waals surface area contributed by atoms with Crippen molar-refractivity contribution >= 4 is 6.03 Å². The molecule has 0 spiro atoms. The molecule has 1 rings (SSSR count). The predicted octanol–water partition coefficient (Wildman–Crippen LogP) is -0.379. The number of hydrazine groups is 1. The van der Waals surface area contributed by atoms with Crippen LogP contribution in [0, 0.1) is 12.3 Å². The Balaban J connectivity index is 2.53. The van der Waals surface area contributed by atoms with Gasteiger partial charge in [-0.25, -0.2) is 10.6 Å². The number of urea groups is 1. The van der Waals surface area contributed by atoms with Crippen LogP contribution in [0.2, 0.25) is 0 Å². The Morgan fingerprint density at radius 3 is 3.00 bits per heavy atom. The number of hydrogen-bond donors (Lipinski definition) is 1. The van der Waals surface area contributed by atoms with Gasteiger partial charge in [-0.05, 0) is 6.42 Å². The Morgan fingerprint density at radius 2 is 2.36 bits per heavy atom. The van der Waals surface area contributed by atoms with Crippen molar-refractivity contribution in [3.05, 3.63) is 0 Å². The summed E-state index contributed by atoms with van der Waals surface area (Å²) in [5.74, 6) is 7.78. The summed E-state index contributed by atoms with van der Waals surface area (Å²) in [6.07, 6.45) is 5.96. The van der Waals surface area contributed by atoms with Gasteiger partial charge in [-0.15, -0.1) is 6.42 Å². The van der Waals surface area contributed by atoms with E-state index >= 15 is 0 Å². The number of terminal acetylenes is 1. The maximum absolute atomic E-state index is 11.1. The molecule has 0 radical (unpaired) electrons. The molecule has 2 N–H and O–H groups in total. The van der Waals surface area contributed by atoms with Crippen molar-refractivity contribution in [1.82, 2.24) is 9.91 Å². The lowest BCUT2D eigenvalue weighted by Crippen LogP contribution is -2.52. The highest BCUT2D eigenvalue weighted by Crippen LogP contribution is 2.03. The van der Waals surface area contributed by atoms with Crippen molar-refractivity contribution in [2.45, 2.75) is 6.42 Å². The summed E-state index contributed by atoms with van der Waals surface area (Å²) in [6.45, 7) is 1.70. The second kappa shape index (κ2) is 3.26. The van der Waals surface area contributed by atoms with E-state index in [1.165, 1.54) is 5.01 Å². The Kier molecular flexibility index (Phi) is 2.34. The molecule has 0 saturated carbocycles. The van der Waals surface area contributed by atoms with E-state index < -0.39 is 0 Å². The third-order valence-electron chi connectivity index (χ3n) is 1.63. The van der Waals surface area contributed by atoms with E-state index in [9.17, 15) is 4.79 Å². The molecule has 0 aromatic carbocycles. The summed E-state index contributed by atoms with van der Waals surface area (Å²) in [7, 11) is 0. The van der Waals surface area contributed by atoms with E-state index in [4.69, 9.17) is 12.3 Å². The number of carbonyl (C=O) groups excluding carboxylic acids is 1. The predicted molar refractivity (Wildman–Crippen MR) is 41.3 cm³/mol. The third kappa shape index (κ3) is 1.63. The first-order chi connectivity index (χ1) is 5.25. The monoisotopic (exact) mass is 153 g/mol. The molecule has 0 atom stereocenters. The van der Waals surface area contributed by atoms with Crippen LogP contribution in [0.25, 0.3) is 0 Å². The Labute approximate surface area is 65.9 Å². The van der Waals surface area contributed by atoms with Crippen LogP contribution in [0.3, 0.4) is 0 Å². The minimum atomic E-state index is -0.172. The molecule has 1 aliphatic heterocycles. The first-order valence-corrected chi connectivity index (χ1v) is 3.50. The maximum atomic E-state index is 11.1. The molecule has 0 bridgehead atoms. The summed E-state index contributed by atoms with van der Waals surface area (Å²) in [5, 5.41) is 1.20. The van der Waals surface area contributed by atoms with Gasteiger partial charge >= 0.3 is 6.03 Å². The lowest BCUT2D eigenvalue weighted by Gasteiger charge is -2.31. The van der Waals surface area contributed by atoms with E-state index in [1.54, 1.807) is 4.90 Å². The fourth-order valence-corrected chi connectivity index (χ4v) is 1.06. The molecule has 4 heteroatoms. The van der Waals surface area contributed by atoms with Gasteiger partial charge in [0.1, 0.15) is 0 Å². The standard InChI is InChI=1S/C7H11N3O/c1-2-4-9-5-3-6-10(8)7(9)11/h1H,3-6,8H2. The van der Waals surface area contributed by atoms with E-state index in [1.807, 2.05) is 0 Å². The summed E-state index contributed by atoms with van der Waals surface area (Å²) >= 11 is 0. The molecule has 1 aliphatic rings. The molecule has 1 heterocycles. The minimum absolute atomic E-state index is 0.172. The van der Waals surface area contributed by atoms with Crippen molar-refractivity contribution in [2.75, 3.05) is 19.6 Å². The minimum Gasteiger partial charge on any atom is -0.312 e. The Hall–Kier alpha value is -1.21. The van der Waals surface area contributed by atoms with Crippen molar-refractivity contribution in [1.29, 1.82) is 0 Å². The average molecular weight is 153 g/mol. The quantitative estimate of drug-likeness (QED) is 0.317. The number of hydrogen-bond acceptors (Lipinski definition) is 2. The van der Waals surface area contributed by atoms with Gasteiger partial charge in [0.25, 0.3) is 0 Å². The van der Waals surface area contributed by atoms with Crippen LogP contribution < -0.4 is 5.84 Å². The van der Waals surface area contributed by atoms with Crippen molar-refractivity contribution in [3.63, 3.8) is 0 Å². The topological polar surface area (TPSA) is 49.6 Å². The number of amides is 2. The summed E-state index contributed by atoms with van der Waals surface area (Å²) in [6, 6.07) is -0.172. The molecule has 11 heavy (non-hydrogen) atoms. The van der Waals surface area contributed by atoms with Crippen LogP contribution in [0.5, 0.6) is 0 Å². The van der Waals surface area contributed by atoms with Crippen molar-refractivity contribution in [2.24, 2.45) is 5.84 Å². The zero-order chi connectivity index (χ0) is 8.27. The SMILES string of the molecule is C#CCN1CCCN(N)C1=O. The lowest BCUT2D eigenvalue weighted by molar-refractivity contribution is 0.137. The van der Waals surface area contributed by atoms with Gasteiger partial charge < -0.3 is 4.90 Å². The van der Waals surface area contributed by atoms with Crippen LogP contribution in [0.4, 0.5) is 4.79 Å². The van der Waals surface area contributed by atoms with E-state index in [0.717, 1.165) is 13.0 Å². The number of nitrogens with two attached hydrogens (primary N) is 1. The fraction of sp³-hybridized carbons (Fsp3) is 0.571. The highest BCUT2D eigenvalue weighted by molar-refractivity contribution is 5.74. The van der Waals surface area contributed by atoms with Crippen LogP contribution in [0.1, 0.15) is 6.42 Å². The molecular weight excluding hydrogens is 142 g/mol. The Morgan fingerprint density at radius 1 is 1.64 bits per heavy atom.